The summed E-state index contributed by atoms with van der Waals surface area (Å²) in [5, 5.41) is 0.946. The number of ether oxygens (including phenoxy) is 3. The summed E-state index contributed by atoms with van der Waals surface area (Å²) in [7, 11) is 3.58. The van der Waals surface area contributed by atoms with E-state index >= 15 is 0 Å². The molecule has 8 heteroatoms. The maximum Gasteiger partial charge on any atom is 0.308 e. The molecule has 3 aromatic rings. The van der Waals surface area contributed by atoms with Crippen LogP contribution in [0, 0.1) is 5.92 Å². The minimum Gasteiger partial charge on any atom is -0.426 e. The fraction of sp³-hybridized carbons (Fsp3) is 0.485. The molecule has 8 nitrogen and oxygen atoms in total. The van der Waals surface area contributed by atoms with E-state index in [4.69, 9.17) is 14.2 Å². The van der Waals surface area contributed by atoms with Crippen LogP contribution in [0.5, 0.6) is 5.75 Å². The number of benzene rings is 2. The fourth-order valence-electron chi connectivity index (χ4n) is 6.52. The number of aryl methyl sites for hydroxylation is 1. The lowest BCUT2D eigenvalue weighted by Crippen LogP contribution is -2.32. The lowest BCUT2D eigenvalue weighted by atomic mass is 9.69. The van der Waals surface area contributed by atoms with Crippen molar-refractivity contribution in [1.29, 1.82) is 0 Å². The second-order valence-electron chi connectivity index (χ2n) is 11.1. The number of rotatable bonds is 11. The molecule has 0 bridgehead atoms. The van der Waals surface area contributed by atoms with Gasteiger partial charge in [-0.1, -0.05) is 63.1 Å². The molecule has 1 aromatic heterocycles. The van der Waals surface area contributed by atoms with Crippen LogP contribution in [0.25, 0.3) is 10.9 Å². The number of aromatic nitrogens is 1. The number of imide groups is 1. The third-order valence-electron chi connectivity index (χ3n) is 8.50. The molecule has 2 aromatic carbocycles. The standard InChI is InChI=1S/C33H40N2O6/c1-6-8-17-39-33(40-18-9-7-2)23-15-12-14-22-27-25(34(4)30(22)23)19-24(28-29(27)32(38)35(5)31(28)37)21-13-10-11-16-26(21)41-20(3)36/h10-16,24,28-29,33H,6-9,17-19H2,1-5H3. The van der Waals surface area contributed by atoms with Crippen LogP contribution in [0.3, 0.4) is 0 Å². The SMILES string of the molecule is CCCCOC(OCCCC)c1cccc2c3c(n(C)c12)CC(c1ccccc1OC(C)=O)C1C(=O)N(C)C(=O)C31. The lowest BCUT2D eigenvalue weighted by Gasteiger charge is -2.32. The van der Waals surface area contributed by atoms with Crippen molar-refractivity contribution in [2.24, 2.45) is 13.0 Å². The molecule has 2 aliphatic rings. The fourth-order valence-corrected chi connectivity index (χ4v) is 6.52. The predicted molar refractivity (Wildman–Crippen MR) is 156 cm³/mol. The van der Waals surface area contributed by atoms with Gasteiger partial charge < -0.3 is 18.8 Å². The quantitative estimate of drug-likeness (QED) is 0.0973. The van der Waals surface area contributed by atoms with Crippen LogP contribution < -0.4 is 4.74 Å². The predicted octanol–water partition coefficient (Wildman–Crippen LogP) is 5.77. The summed E-state index contributed by atoms with van der Waals surface area (Å²) < 4.78 is 20.3. The number of carbonyl (C=O) groups is 3. The van der Waals surface area contributed by atoms with Crippen LogP contribution in [-0.2, 0) is 37.3 Å². The van der Waals surface area contributed by atoms with Gasteiger partial charge in [0.15, 0.2) is 6.29 Å². The summed E-state index contributed by atoms with van der Waals surface area (Å²) in [4.78, 5) is 40.6. The average Bonchev–Trinajstić information content (AvgIpc) is 3.37. The number of esters is 1. The van der Waals surface area contributed by atoms with Gasteiger partial charge in [-0.15, -0.1) is 0 Å². The normalized spacial score (nSPS) is 20.1. The lowest BCUT2D eigenvalue weighted by molar-refractivity contribution is -0.147. The molecule has 1 saturated heterocycles. The highest BCUT2D eigenvalue weighted by atomic mass is 16.7. The Morgan fingerprint density at radius 1 is 0.951 bits per heavy atom. The number of hydrogen-bond donors (Lipinski definition) is 0. The molecule has 0 saturated carbocycles. The van der Waals surface area contributed by atoms with E-state index in [1.54, 1.807) is 13.1 Å². The van der Waals surface area contributed by atoms with Crippen molar-refractivity contribution in [3.8, 4) is 5.75 Å². The summed E-state index contributed by atoms with van der Waals surface area (Å²) in [6.07, 6.45) is 3.89. The molecule has 0 N–H and O–H groups in total. The Morgan fingerprint density at radius 3 is 2.29 bits per heavy atom. The van der Waals surface area contributed by atoms with Gasteiger partial charge in [0.2, 0.25) is 11.8 Å². The van der Waals surface area contributed by atoms with Crippen LogP contribution in [0.15, 0.2) is 42.5 Å². The first-order valence-corrected chi connectivity index (χ1v) is 14.7. The number of amides is 2. The molecular formula is C33H40N2O6. The Hall–Kier alpha value is -3.49. The first kappa shape index (κ1) is 29.0. The minimum atomic E-state index is -0.633. The Labute approximate surface area is 241 Å². The number of carbonyl (C=O) groups excluding carboxylic acids is 3. The summed E-state index contributed by atoms with van der Waals surface area (Å²) in [5.74, 6) is -1.98. The summed E-state index contributed by atoms with van der Waals surface area (Å²) >= 11 is 0. The number of para-hydroxylation sites is 2. The van der Waals surface area contributed by atoms with Crippen molar-refractivity contribution in [3.05, 3.63) is 64.8 Å². The number of hydrogen-bond acceptors (Lipinski definition) is 6. The minimum absolute atomic E-state index is 0.204. The largest absolute Gasteiger partial charge is 0.426 e. The van der Waals surface area contributed by atoms with E-state index in [1.807, 2.05) is 43.4 Å². The van der Waals surface area contributed by atoms with Gasteiger partial charge in [0.25, 0.3) is 0 Å². The maximum atomic E-state index is 13.7. The zero-order valence-electron chi connectivity index (χ0n) is 24.6. The Balaban J connectivity index is 1.67. The molecule has 0 spiro atoms. The number of likely N-dealkylation sites (tertiary alicyclic amines) is 1. The second kappa shape index (κ2) is 12.2. The van der Waals surface area contributed by atoms with Gasteiger partial charge in [0.05, 0.1) is 30.6 Å². The summed E-state index contributed by atoms with van der Waals surface area (Å²) in [5.41, 5.74) is 4.53. The Bertz CT molecular complexity index is 1450. The molecule has 3 atom stereocenters. The monoisotopic (exact) mass is 560 g/mol. The van der Waals surface area contributed by atoms with Gasteiger partial charge in [-0.2, -0.15) is 0 Å². The van der Waals surface area contributed by atoms with E-state index in [-0.39, 0.29) is 17.7 Å². The van der Waals surface area contributed by atoms with Crippen LogP contribution in [-0.4, -0.2) is 47.5 Å². The van der Waals surface area contributed by atoms with Gasteiger partial charge in [-0.05, 0) is 36.5 Å². The average molecular weight is 561 g/mol. The molecule has 3 unspecified atom stereocenters. The van der Waals surface area contributed by atoms with Gasteiger partial charge in [-0.3, -0.25) is 19.3 Å². The zero-order chi connectivity index (χ0) is 29.3. The molecule has 0 radical (unpaired) electrons. The van der Waals surface area contributed by atoms with Gasteiger partial charge in [0.1, 0.15) is 5.75 Å². The summed E-state index contributed by atoms with van der Waals surface area (Å²) in [6.45, 7) is 6.80. The number of unbranched alkanes of at least 4 members (excludes halogenated alkanes) is 2. The number of fused-ring (bicyclic) bond motifs is 5. The van der Waals surface area contributed by atoms with Crippen molar-refractivity contribution < 1.29 is 28.6 Å². The van der Waals surface area contributed by atoms with Crippen LogP contribution in [0.4, 0.5) is 0 Å². The van der Waals surface area contributed by atoms with Crippen LogP contribution in [0.2, 0.25) is 0 Å². The maximum absolute atomic E-state index is 13.7. The molecule has 1 fully saturated rings. The van der Waals surface area contributed by atoms with Crippen LogP contribution >= 0.6 is 0 Å². The zero-order valence-corrected chi connectivity index (χ0v) is 24.6. The Kier molecular flexibility index (Phi) is 8.61. The van der Waals surface area contributed by atoms with Crippen molar-refractivity contribution >= 4 is 28.7 Å². The van der Waals surface area contributed by atoms with Gasteiger partial charge >= 0.3 is 5.97 Å². The molecule has 1 aliphatic carbocycles. The molecule has 2 heterocycles. The third-order valence-corrected chi connectivity index (χ3v) is 8.50. The van der Waals surface area contributed by atoms with E-state index < -0.39 is 24.1 Å². The van der Waals surface area contributed by atoms with Crippen molar-refractivity contribution in [2.75, 3.05) is 20.3 Å². The molecule has 218 valence electrons. The molecule has 41 heavy (non-hydrogen) atoms. The highest BCUT2D eigenvalue weighted by Crippen LogP contribution is 2.53. The summed E-state index contributed by atoms with van der Waals surface area (Å²) in [6, 6.07) is 13.4. The molecular weight excluding hydrogens is 520 g/mol. The van der Waals surface area contributed by atoms with Gasteiger partial charge in [-0.25, -0.2) is 0 Å². The smallest absolute Gasteiger partial charge is 0.308 e. The van der Waals surface area contributed by atoms with E-state index in [0.29, 0.717) is 25.4 Å². The molecule has 1 aliphatic heterocycles. The number of likely N-dealkylation sites (N-methyl/N-ethyl adjacent to an activating group) is 1. The third kappa shape index (κ3) is 5.19. The van der Waals surface area contributed by atoms with Crippen LogP contribution in [0.1, 0.15) is 87.0 Å². The Morgan fingerprint density at radius 2 is 1.63 bits per heavy atom. The van der Waals surface area contributed by atoms with Crippen molar-refractivity contribution in [2.45, 2.75) is 71.0 Å². The first-order valence-electron chi connectivity index (χ1n) is 14.7. The van der Waals surface area contributed by atoms with E-state index in [2.05, 4.69) is 18.4 Å². The van der Waals surface area contributed by atoms with E-state index in [0.717, 1.165) is 59.0 Å². The highest BCUT2D eigenvalue weighted by Gasteiger charge is 2.55. The molecule has 5 rings (SSSR count). The van der Waals surface area contributed by atoms with Crippen molar-refractivity contribution in [1.82, 2.24) is 9.47 Å². The first-order chi connectivity index (χ1) is 19.8. The van der Waals surface area contributed by atoms with E-state index in [1.165, 1.54) is 11.8 Å². The van der Waals surface area contributed by atoms with E-state index in [9.17, 15) is 14.4 Å². The number of nitrogens with zero attached hydrogens (tertiary/aromatic N) is 2. The highest BCUT2D eigenvalue weighted by molar-refractivity contribution is 6.10. The molecule has 2 amide bonds. The second-order valence-corrected chi connectivity index (χ2v) is 11.1. The van der Waals surface area contributed by atoms with Gasteiger partial charge in [0, 0.05) is 43.6 Å². The topological polar surface area (TPSA) is 87.1 Å². The van der Waals surface area contributed by atoms with Crippen molar-refractivity contribution in [3.63, 3.8) is 0 Å².